The molecule has 1 heterocycles. The maximum absolute atomic E-state index is 11.5. The average molecular weight is 257 g/mol. The number of nitrogens with one attached hydrogen (secondary N) is 1. The number of rotatable bonds is 4. The zero-order valence-electron chi connectivity index (χ0n) is 10.2. The maximum atomic E-state index is 11.5. The van der Waals surface area contributed by atoms with Crippen LogP contribution in [-0.4, -0.2) is 17.7 Å². The molecule has 2 rings (SSSR count). The molecule has 0 aliphatic rings. The molecule has 19 heavy (non-hydrogen) atoms. The Labute approximate surface area is 109 Å². The van der Waals surface area contributed by atoms with Gasteiger partial charge in [-0.15, -0.1) is 0 Å². The molecule has 0 fully saturated rings. The number of carbonyl (C=O) groups is 1. The van der Waals surface area contributed by atoms with Gasteiger partial charge in [-0.2, -0.15) is 5.26 Å². The van der Waals surface area contributed by atoms with Crippen molar-refractivity contribution in [3.05, 3.63) is 41.7 Å². The van der Waals surface area contributed by atoms with Crippen molar-refractivity contribution in [2.45, 2.75) is 6.92 Å². The van der Waals surface area contributed by atoms with Gasteiger partial charge in [0.2, 0.25) is 0 Å². The monoisotopic (exact) mass is 257 g/mol. The smallest absolute Gasteiger partial charge is 0.263 e. The van der Waals surface area contributed by atoms with Gasteiger partial charge in [-0.1, -0.05) is 5.16 Å². The minimum absolute atomic E-state index is 0.141. The summed E-state index contributed by atoms with van der Waals surface area (Å²) in [5.74, 6) is 1.15. The standard InChI is InChI=1S/C13H11N3O3/c1-9-6-12(16-19-9)15-13(17)8-18-11-4-2-10(7-14)3-5-11/h2-6H,8H2,1H3,(H,15,16,17). The third-order valence-electron chi connectivity index (χ3n) is 2.25. The molecule has 0 bridgehead atoms. The number of carbonyl (C=O) groups excluding carboxylic acids is 1. The number of hydrogen-bond acceptors (Lipinski definition) is 5. The minimum atomic E-state index is -0.336. The Bertz CT molecular complexity index is 611. The van der Waals surface area contributed by atoms with Gasteiger partial charge in [0, 0.05) is 6.07 Å². The van der Waals surface area contributed by atoms with Crippen LogP contribution in [0.4, 0.5) is 5.82 Å². The van der Waals surface area contributed by atoms with Gasteiger partial charge in [0.15, 0.2) is 12.4 Å². The van der Waals surface area contributed by atoms with Crippen molar-refractivity contribution in [3.8, 4) is 11.8 Å². The van der Waals surface area contributed by atoms with E-state index in [-0.39, 0.29) is 12.5 Å². The summed E-state index contributed by atoms with van der Waals surface area (Å²) in [7, 11) is 0. The fourth-order valence-corrected chi connectivity index (χ4v) is 1.38. The summed E-state index contributed by atoms with van der Waals surface area (Å²) in [6.07, 6.45) is 0. The van der Waals surface area contributed by atoms with Gasteiger partial charge in [0.1, 0.15) is 11.5 Å². The van der Waals surface area contributed by atoms with Crippen molar-refractivity contribution in [1.29, 1.82) is 5.26 Å². The highest BCUT2D eigenvalue weighted by Crippen LogP contribution is 2.12. The van der Waals surface area contributed by atoms with E-state index in [4.69, 9.17) is 14.5 Å². The SMILES string of the molecule is Cc1cc(NC(=O)COc2ccc(C#N)cc2)no1. The second kappa shape index (κ2) is 5.69. The Morgan fingerprint density at radius 3 is 2.79 bits per heavy atom. The predicted molar refractivity (Wildman–Crippen MR) is 66.5 cm³/mol. The van der Waals surface area contributed by atoms with Crippen molar-refractivity contribution in [3.63, 3.8) is 0 Å². The third kappa shape index (κ3) is 3.57. The molecular formula is C13H11N3O3. The van der Waals surface area contributed by atoms with E-state index in [0.717, 1.165) is 0 Å². The van der Waals surface area contributed by atoms with Crippen LogP contribution in [0.2, 0.25) is 0 Å². The van der Waals surface area contributed by atoms with Crippen molar-refractivity contribution in [2.24, 2.45) is 0 Å². The Kier molecular flexibility index (Phi) is 3.78. The van der Waals surface area contributed by atoms with Crippen molar-refractivity contribution in [1.82, 2.24) is 5.16 Å². The lowest BCUT2D eigenvalue weighted by Gasteiger charge is -2.05. The number of benzene rings is 1. The number of hydrogen-bond donors (Lipinski definition) is 1. The molecule has 0 atom stereocenters. The van der Waals surface area contributed by atoms with Crippen molar-refractivity contribution in [2.75, 3.05) is 11.9 Å². The Balaban J connectivity index is 1.84. The van der Waals surface area contributed by atoms with E-state index in [1.807, 2.05) is 6.07 Å². The van der Waals surface area contributed by atoms with Gasteiger partial charge in [-0.25, -0.2) is 0 Å². The third-order valence-corrected chi connectivity index (χ3v) is 2.25. The number of aromatic nitrogens is 1. The van der Waals surface area contributed by atoms with Crippen LogP contribution in [0.1, 0.15) is 11.3 Å². The fraction of sp³-hybridized carbons (Fsp3) is 0.154. The molecule has 0 saturated carbocycles. The lowest BCUT2D eigenvalue weighted by Crippen LogP contribution is -2.20. The summed E-state index contributed by atoms with van der Waals surface area (Å²) in [4.78, 5) is 11.5. The number of amides is 1. The van der Waals surface area contributed by atoms with E-state index in [2.05, 4.69) is 10.5 Å². The van der Waals surface area contributed by atoms with Crippen LogP contribution in [0, 0.1) is 18.3 Å². The van der Waals surface area contributed by atoms with Crippen LogP contribution in [0.15, 0.2) is 34.9 Å². The van der Waals surface area contributed by atoms with Crippen LogP contribution in [0.3, 0.4) is 0 Å². The normalized spacial score (nSPS) is 9.68. The zero-order valence-corrected chi connectivity index (χ0v) is 10.2. The lowest BCUT2D eigenvalue weighted by atomic mass is 10.2. The molecule has 1 aromatic carbocycles. The number of nitrogens with zero attached hydrogens (tertiary/aromatic N) is 2. The summed E-state index contributed by atoms with van der Waals surface area (Å²) in [6.45, 7) is 1.59. The highest BCUT2D eigenvalue weighted by atomic mass is 16.5. The average Bonchev–Trinajstić information content (AvgIpc) is 2.82. The summed E-state index contributed by atoms with van der Waals surface area (Å²) in [6, 6.07) is 10.1. The first-order valence-corrected chi connectivity index (χ1v) is 5.53. The van der Waals surface area contributed by atoms with Crippen LogP contribution >= 0.6 is 0 Å². The molecule has 0 aliphatic carbocycles. The maximum Gasteiger partial charge on any atom is 0.263 e. The van der Waals surface area contributed by atoms with Gasteiger partial charge in [-0.05, 0) is 31.2 Å². The quantitative estimate of drug-likeness (QED) is 0.903. The molecule has 0 radical (unpaired) electrons. The van der Waals surface area contributed by atoms with E-state index in [0.29, 0.717) is 22.9 Å². The predicted octanol–water partition coefficient (Wildman–Crippen LogP) is 1.87. The first-order chi connectivity index (χ1) is 9.17. The second-order valence-electron chi connectivity index (χ2n) is 3.80. The van der Waals surface area contributed by atoms with E-state index in [1.54, 1.807) is 37.3 Å². The molecule has 96 valence electrons. The van der Waals surface area contributed by atoms with Gasteiger partial charge >= 0.3 is 0 Å². The molecule has 1 aromatic heterocycles. The molecule has 0 aliphatic heterocycles. The number of ether oxygens (including phenoxy) is 1. The van der Waals surface area contributed by atoms with E-state index < -0.39 is 0 Å². The van der Waals surface area contributed by atoms with E-state index >= 15 is 0 Å². The summed E-state index contributed by atoms with van der Waals surface area (Å²) in [5, 5.41) is 14.8. The molecule has 0 saturated heterocycles. The first kappa shape index (κ1) is 12.6. The minimum Gasteiger partial charge on any atom is -0.484 e. The summed E-state index contributed by atoms with van der Waals surface area (Å²) in [5.41, 5.74) is 0.537. The van der Waals surface area contributed by atoms with E-state index in [9.17, 15) is 4.79 Å². The lowest BCUT2D eigenvalue weighted by molar-refractivity contribution is -0.118. The summed E-state index contributed by atoms with van der Waals surface area (Å²) >= 11 is 0. The Morgan fingerprint density at radius 1 is 1.47 bits per heavy atom. The second-order valence-corrected chi connectivity index (χ2v) is 3.80. The molecule has 6 nitrogen and oxygen atoms in total. The van der Waals surface area contributed by atoms with Crippen molar-refractivity contribution < 1.29 is 14.1 Å². The van der Waals surface area contributed by atoms with Gasteiger partial charge in [-0.3, -0.25) is 4.79 Å². The van der Waals surface area contributed by atoms with Crippen LogP contribution in [0.5, 0.6) is 5.75 Å². The highest BCUT2D eigenvalue weighted by molar-refractivity contribution is 5.90. The van der Waals surface area contributed by atoms with E-state index in [1.165, 1.54) is 0 Å². The molecule has 1 N–H and O–H groups in total. The van der Waals surface area contributed by atoms with Gasteiger partial charge < -0.3 is 14.6 Å². The van der Waals surface area contributed by atoms with Crippen LogP contribution < -0.4 is 10.1 Å². The molecule has 0 unspecified atom stereocenters. The Hall–Kier alpha value is -2.81. The summed E-state index contributed by atoms with van der Waals surface area (Å²) < 4.78 is 10.1. The largest absolute Gasteiger partial charge is 0.484 e. The molecule has 0 spiro atoms. The molecular weight excluding hydrogens is 246 g/mol. The zero-order chi connectivity index (χ0) is 13.7. The molecule has 2 aromatic rings. The molecule has 1 amide bonds. The fourth-order valence-electron chi connectivity index (χ4n) is 1.38. The number of aryl methyl sites for hydroxylation is 1. The molecule has 6 heteroatoms. The van der Waals surface area contributed by atoms with Gasteiger partial charge in [0.25, 0.3) is 5.91 Å². The highest BCUT2D eigenvalue weighted by Gasteiger charge is 2.06. The van der Waals surface area contributed by atoms with Crippen LogP contribution in [0.25, 0.3) is 0 Å². The van der Waals surface area contributed by atoms with Crippen molar-refractivity contribution >= 4 is 11.7 Å². The first-order valence-electron chi connectivity index (χ1n) is 5.53. The number of nitriles is 1. The topological polar surface area (TPSA) is 88.1 Å². The Morgan fingerprint density at radius 2 is 2.21 bits per heavy atom. The van der Waals surface area contributed by atoms with Crippen LogP contribution in [-0.2, 0) is 4.79 Å². The number of anilines is 1. The van der Waals surface area contributed by atoms with Gasteiger partial charge in [0.05, 0.1) is 11.6 Å².